The number of hydrogen-bond acceptors (Lipinski definition) is 4. The lowest BCUT2D eigenvalue weighted by Crippen LogP contribution is -2.24. The minimum Gasteiger partial charge on any atom is -0.497 e. The van der Waals surface area contributed by atoms with E-state index in [9.17, 15) is 4.79 Å². The van der Waals surface area contributed by atoms with Gasteiger partial charge in [-0.1, -0.05) is 34.8 Å². The Kier molecular flexibility index (Phi) is 5.52. The number of halogens is 3. The molecule has 0 heterocycles. The van der Waals surface area contributed by atoms with Crippen LogP contribution in [0.25, 0.3) is 0 Å². The van der Waals surface area contributed by atoms with Gasteiger partial charge in [-0.2, -0.15) is 5.26 Å². The number of nitrogens with zero attached hydrogens (tertiary/aromatic N) is 1. The number of nitrogens with one attached hydrogen (secondary N) is 1. The average Bonchev–Trinajstić information content (AvgIpc) is 2.39. The van der Waals surface area contributed by atoms with Gasteiger partial charge < -0.3 is 15.8 Å². The SMILES string of the molecule is COc1ccc(NC(=O)/C(C#N)=C(/N)C(Cl)(Cl)Cl)cc1. The highest BCUT2D eigenvalue weighted by Gasteiger charge is 2.29. The minimum absolute atomic E-state index is 0.434. The number of hydrogen-bond donors (Lipinski definition) is 2. The lowest BCUT2D eigenvalue weighted by Gasteiger charge is -2.13. The van der Waals surface area contributed by atoms with Crippen LogP contribution >= 0.6 is 34.8 Å². The monoisotopic (exact) mass is 333 g/mol. The van der Waals surface area contributed by atoms with Crippen LogP contribution in [0.5, 0.6) is 5.75 Å². The van der Waals surface area contributed by atoms with Crippen LogP contribution < -0.4 is 15.8 Å². The number of benzene rings is 1. The third-order valence-electron chi connectivity index (χ3n) is 2.26. The number of ether oxygens (including phenoxy) is 1. The molecule has 0 atom stereocenters. The maximum atomic E-state index is 11.9. The molecule has 1 aromatic carbocycles. The summed E-state index contributed by atoms with van der Waals surface area (Å²) in [6.07, 6.45) is 0. The minimum atomic E-state index is -2.03. The normalized spacial score (nSPS) is 12.2. The van der Waals surface area contributed by atoms with Gasteiger partial charge in [0.25, 0.3) is 5.91 Å². The Morgan fingerprint density at radius 3 is 2.30 bits per heavy atom. The van der Waals surface area contributed by atoms with Gasteiger partial charge >= 0.3 is 0 Å². The van der Waals surface area contributed by atoms with E-state index in [0.717, 1.165) is 0 Å². The van der Waals surface area contributed by atoms with Crippen molar-refractivity contribution in [3.63, 3.8) is 0 Å². The number of rotatable bonds is 3. The molecule has 8 heteroatoms. The maximum absolute atomic E-state index is 11.9. The van der Waals surface area contributed by atoms with Crippen molar-refractivity contribution in [1.29, 1.82) is 5.26 Å². The summed E-state index contributed by atoms with van der Waals surface area (Å²) in [6.45, 7) is 0. The van der Waals surface area contributed by atoms with E-state index < -0.39 is 21.0 Å². The van der Waals surface area contributed by atoms with Crippen LogP contribution in [-0.2, 0) is 4.79 Å². The van der Waals surface area contributed by atoms with Crippen LogP contribution in [0.3, 0.4) is 0 Å². The lowest BCUT2D eigenvalue weighted by atomic mass is 10.2. The molecule has 0 aliphatic heterocycles. The molecule has 0 aromatic heterocycles. The molecule has 0 saturated heterocycles. The summed E-state index contributed by atoms with van der Waals surface area (Å²) in [4.78, 5) is 11.9. The quantitative estimate of drug-likeness (QED) is 0.505. The smallest absolute Gasteiger partial charge is 0.268 e. The number of carbonyl (C=O) groups excluding carboxylic acids is 1. The van der Waals surface area contributed by atoms with Gasteiger partial charge in [0.2, 0.25) is 3.79 Å². The van der Waals surface area contributed by atoms with Gasteiger partial charge in [-0.3, -0.25) is 4.79 Å². The molecule has 0 aliphatic rings. The zero-order valence-electron chi connectivity index (χ0n) is 10.3. The lowest BCUT2D eigenvalue weighted by molar-refractivity contribution is -0.112. The Bertz CT molecular complexity index is 571. The molecule has 0 aliphatic carbocycles. The number of methoxy groups -OCH3 is 1. The van der Waals surface area contributed by atoms with E-state index in [4.69, 9.17) is 50.5 Å². The molecule has 106 valence electrons. The van der Waals surface area contributed by atoms with E-state index in [1.807, 2.05) is 0 Å². The Morgan fingerprint density at radius 2 is 1.90 bits per heavy atom. The van der Waals surface area contributed by atoms with Crippen molar-refractivity contribution in [3.05, 3.63) is 35.5 Å². The van der Waals surface area contributed by atoms with Gasteiger partial charge in [-0.25, -0.2) is 0 Å². The van der Waals surface area contributed by atoms with Crippen LogP contribution in [0, 0.1) is 11.3 Å². The molecule has 1 amide bonds. The van der Waals surface area contributed by atoms with Crippen molar-refractivity contribution < 1.29 is 9.53 Å². The van der Waals surface area contributed by atoms with Crippen LogP contribution in [0.4, 0.5) is 5.69 Å². The molecule has 0 radical (unpaired) electrons. The molecule has 0 bridgehead atoms. The fourth-order valence-corrected chi connectivity index (χ4v) is 1.53. The molecule has 0 spiro atoms. The van der Waals surface area contributed by atoms with Crippen LogP contribution in [-0.4, -0.2) is 16.8 Å². The van der Waals surface area contributed by atoms with Gasteiger partial charge in [0.05, 0.1) is 12.8 Å². The van der Waals surface area contributed by atoms with Crippen molar-refractivity contribution in [2.45, 2.75) is 3.79 Å². The number of allylic oxidation sites excluding steroid dienone is 1. The molecule has 0 fully saturated rings. The van der Waals surface area contributed by atoms with Crippen LogP contribution in [0.1, 0.15) is 0 Å². The highest BCUT2D eigenvalue weighted by molar-refractivity contribution is 6.69. The molecule has 0 unspecified atom stereocenters. The first kappa shape index (κ1) is 16.4. The molecule has 3 N–H and O–H groups in total. The molecular weight excluding hydrogens is 325 g/mol. The number of nitriles is 1. The average molecular weight is 335 g/mol. The molecular formula is C12H10Cl3N3O2. The molecule has 1 aromatic rings. The Morgan fingerprint density at radius 1 is 1.35 bits per heavy atom. The summed E-state index contributed by atoms with van der Waals surface area (Å²) >= 11 is 16.6. The number of amides is 1. The predicted octanol–water partition coefficient (Wildman–Crippen LogP) is 2.74. The second-order valence-electron chi connectivity index (χ2n) is 3.58. The highest BCUT2D eigenvalue weighted by atomic mass is 35.6. The number of nitrogens with two attached hydrogens (primary N) is 1. The van der Waals surface area contributed by atoms with Crippen LogP contribution in [0.2, 0.25) is 0 Å². The standard InChI is InChI=1S/C12H10Cl3N3O2/c1-20-8-4-2-7(3-5-8)18-11(19)9(6-16)10(17)12(13,14)15/h2-5H,17H2,1H3,(H,18,19)/b10-9+. The summed E-state index contributed by atoms with van der Waals surface area (Å²) in [7, 11) is 1.52. The summed E-state index contributed by atoms with van der Waals surface area (Å²) in [5.74, 6) is -0.138. The first-order chi connectivity index (χ1) is 9.29. The first-order valence-electron chi connectivity index (χ1n) is 5.22. The van der Waals surface area contributed by atoms with Crippen molar-refractivity contribution in [2.24, 2.45) is 5.73 Å². The molecule has 0 saturated carbocycles. The summed E-state index contributed by atoms with van der Waals surface area (Å²) < 4.78 is 2.95. The van der Waals surface area contributed by atoms with Crippen molar-refractivity contribution in [3.8, 4) is 11.8 Å². The van der Waals surface area contributed by atoms with Crippen molar-refractivity contribution in [2.75, 3.05) is 12.4 Å². The largest absolute Gasteiger partial charge is 0.497 e. The van der Waals surface area contributed by atoms with E-state index in [-0.39, 0.29) is 0 Å². The molecule has 5 nitrogen and oxygen atoms in total. The Labute approximate surface area is 130 Å². The fraction of sp³-hybridized carbons (Fsp3) is 0.167. The summed E-state index contributed by atoms with van der Waals surface area (Å²) in [6, 6.07) is 8.09. The number of anilines is 1. The van der Waals surface area contributed by atoms with Gasteiger partial charge in [-0.05, 0) is 24.3 Å². The van der Waals surface area contributed by atoms with E-state index in [1.54, 1.807) is 30.3 Å². The number of carbonyl (C=O) groups is 1. The molecule has 1 rings (SSSR count). The third-order valence-corrected chi connectivity index (χ3v) is 2.87. The predicted molar refractivity (Wildman–Crippen MR) is 78.7 cm³/mol. The van der Waals surface area contributed by atoms with Gasteiger partial charge in [0.15, 0.2) is 0 Å². The van der Waals surface area contributed by atoms with Crippen molar-refractivity contribution >= 4 is 46.4 Å². The van der Waals surface area contributed by atoms with E-state index in [1.165, 1.54) is 7.11 Å². The second kappa shape index (κ2) is 6.71. The van der Waals surface area contributed by atoms with E-state index >= 15 is 0 Å². The maximum Gasteiger partial charge on any atom is 0.268 e. The van der Waals surface area contributed by atoms with Gasteiger partial charge in [0.1, 0.15) is 17.4 Å². The summed E-state index contributed by atoms with van der Waals surface area (Å²) in [5.41, 5.74) is 5.04. The topological polar surface area (TPSA) is 88.1 Å². The zero-order chi connectivity index (χ0) is 15.3. The summed E-state index contributed by atoms with van der Waals surface area (Å²) in [5, 5.41) is 11.4. The zero-order valence-corrected chi connectivity index (χ0v) is 12.6. The van der Waals surface area contributed by atoms with E-state index in [0.29, 0.717) is 11.4 Å². The Balaban J connectivity index is 2.97. The highest BCUT2D eigenvalue weighted by Crippen LogP contribution is 2.33. The van der Waals surface area contributed by atoms with Gasteiger partial charge in [-0.15, -0.1) is 0 Å². The molecule has 20 heavy (non-hydrogen) atoms. The Hall–Kier alpha value is -1.61. The fourth-order valence-electron chi connectivity index (χ4n) is 1.24. The second-order valence-corrected chi connectivity index (χ2v) is 5.86. The first-order valence-corrected chi connectivity index (χ1v) is 6.35. The number of alkyl halides is 3. The third kappa shape index (κ3) is 4.20. The van der Waals surface area contributed by atoms with Crippen molar-refractivity contribution in [1.82, 2.24) is 0 Å². The van der Waals surface area contributed by atoms with E-state index in [2.05, 4.69) is 5.32 Å². The van der Waals surface area contributed by atoms with Crippen LogP contribution in [0.15, 0.2) is 35.5 Å². The van der Waals surface area contributed by atoms with Gasteiger partial charge in [0, 0.05) is 5.69 Å².